The molecule has 1 aliphatic rings. The van der Waals surface area contributed by atoms with Crippen molar-refractivity contribution < 1.29 is 14.3 Å². The molecular weight excluding hydrogens is 354 g/mol. The maximum absolute atomic E-state index is 12.5. The molecule has 0 saturated carbocycles. The SMILES string of the molecule is Cc1cccnc1NC(=O)c1ccc(OCC(=O)N2C(C)CCCC2C)cc1. The number of nitrogens with zero attached hydrogens (tertiary/aromatic N) is 2. The molecule has 0 aliphatic carbocycles. The van der Waals surface area contributed by atoms with E-state index in [1.54, 1.807) is 30.5 Å². The number of amides is 2. The zero-order valence-corrected chi connectivity index (χ0v) is 16.6. The number of carbonyl (C=O) groups excluding carboxylic acids is 2. The fraction of sp³-hybridized carbons (Fsp3) is 0.409. The average molecular weight is 381 g/mol. The first-order valence-corrected chi connectivity index (χ1v) is 9.72. The highest BCUT2D eigenvalue weighted by Crippen LogP contribution is 2.23. The van der Waals surface area contributed by atoms with Gasteiger partial charge < -0.3 is 15.0 Å². The lowest BCUT2D eigenvalue weighted by Crippen LogP contribution is -2.49. The van der Waals surface area contributed by atoms with Crippen molar-refractivity contribution in [2.24, 2.45) is 0 Å². The molecule has 1 aromatic heterocycles. The number of rotatable bonds is 5. The van der Waals surface area contributed by atoms with Gasteiger partial charge in [0.2, 0.25) is 0 Å². The first kappa shape index (κ1) is 19.9. The van der Waals surface area contributed by atoms with E-state index < -0.39 is 0 Å². The molecule has 2 amide bonds. The fourth-order valence-electron chi connectivity index (χ4n) is 3.63. The number of anilines is 1. The van der Waals surface area contributed by atoms with Crippen LogP contribution < -0.4 is 10.1 Å². The molecule has 1 fully saturated rings. The number of piperidine rings is 1. The van der Waals surface area contributed by atoms with Gasteiger partial charge >= 0.3 is 0 Å². The van der Waals surface area contributed by atoms with Gasteiger partial charge in [0.25, 0.3) is 11.8 Å². The molecule has 2 unspecified atom stereocenters. The quantitative estimate of drug-likeness (QED) is 0.855. The lowest BCUT2D eigenvalue weighted by atomic mass is 9.97. The highest BCUT2D eigenvalue weighted by Gasteiger charge is 2.28. The molecule has 6 heteroatoms. The van der Waals surface area contributed by atoms with Crippen molar-refractivity contribution >= 4 is 17.6 Å². The van der Waals surface area contributed by atoms with E-state index in [1.807, 2.05) is 24.0 Å². The van der Waals surface area contributed by atoms with Crippen LogP contribution in [-0.4, -0.2) is 40.4 Å². The van der Waals surface area contributed by atoms with Gasteiger partial charge in [0.05, 0.1) is 0 Å². The molecule has 6 nitrogen and oxygen atoms in total. The van der Waals surface area contributed by atoms with Gasteiger partial charge in [-0.15, -0.1) is 0 Å². The van der Waals surface area contributed by atoms with Crippen molar-refractivity contribution in [3.8, 4) is 5.75 Å². The van der Waals surface area contributed by atoms with Gasteiger partial charge in [0.15, 0.2) is 6.61 Å². The van der Waals surface area contributed by atoms with Crippen LogP contribution in [0.4, 0.5) is 5.82 Å². The van der Waals surface area contributed by atoms with Gasteiger partial charge in [0, 0.05) is 23.8 Å². The summed E-state index contributed by atoms with van der Waals surface area (Å²) in [5.74, 6) is 0.881. The van der Waals surface area contributed by atoms with Gasteiger partial charge in [-0.05, 0) is 75.9 Å². The fourth-order valence-corrected chi connectivity index (χ4v) is 3.63. The minimum Gasteiger partial charge on any atom is -0.484 e. The minimum absolute atomic E-state index is 0.00662. The lowest BCUT2D eigenvalue weighted by molar-refractivity contribution is -0.139. The van der Waals surface area contributed by atoms with Crippen LogP contribution in [0.3, 0.4) is 0 Å². The van der Waals surface area contributed by atoms with Gasteiger partial charge in [0.1, 0.15) is 11.6 Å². The molecule has 0 spiro atoms. The lowest BCUT2D eigenvalue weighted by Gasteiger charge is -2.38. The van der Waals surface area contributed by atoms with Crippen LogP contribution in [0, 0.1) is 6.92 Å². The largest absolute Gasteiger partial charge is 0.484 e. The van der Waals surface area contributed by atoms with Crippen LogP contribution in [-0.2, 0) is 4.79 Å². The Morgan fingerprint density at radius 3 is 2.46 bits per heavy atom. The Labute approximate surface area is 165 Å². The standard InChI is InChI=1S/C22H27N3O3/c1-15-6-5-13-23-21(15)24-22(27)18-9-11-19(12-10-18)28-14-20(26)25-16(2)7-4-8-17(25)3/h5-6,9-13,16-17H,4,7-8,14H2,1-3H3,(H,23,24,27). The van der Waals surface area contributed by atoms with Crippen LogP contribution in [0.15, 0.2) is 42.6 Å². The summed E-state index contributed by atoms with van der Waals surface area (Å²) in [6.45, 7) is 6.07. The molecule has 1 aliphatic heterocycles. The van der Waals surface area contributed by atoms with Crippen LogP contribution in [0.1, 0.15) is 49.0 Å². The van der Waals surface area contributed by atoms with E-state index in [0.717, 1.165) is 24.8 Å². The highest BCUT2D eigenvalue weighted by atomic mass is 16.5. The Kier molecular flexibility index (Phi) is 6.29. The minimum atomic E-state index is -0.236. The monoisotopic (exact) mass is 381 g/mol. The van der Waals surface area contributed by atoms with E-state index >= 15 is 0 Å². The van der Waals surface area contributed by atoms with Crippen molar-refractivity contribution in [2.75, 3.05) is 11.9 Å². The summed E-state index contributed by atoms with van der Waals surface area (Å²) in [5, 5.41) is 2.80. The van der Waals surface area contributed by atoms with Crippen LogP contribution >= 0.6 is 0 Å². The number of aryl methyl sites for hydroxylation is 1. The first-order chi connectivity index (χ1) is 13.5. The molecule has 1 N–H and O–H groups in total. The Morgan fingerprint density at radius 1 is 1.14 bits per heavy atom. The number of hydrogen-bond donors (Lipinski definition) is 1. The van der Waals surface area contributed by atoms with Crippen LogP contribution in [0.25, 0.3) is 0 Å². The van der Waals surface area contributed by atoms with E-state index in [9.17, 15) is 9.59 Å². The maximum atomic E-state index is 12.5. The van der Waals surface area contributed by atoms with Crippen molar-refractivity contribution in [1.29, 1.82) is 0 Å². The second kappa shape index (κ2) is 8.87. The number of ether oxygens (including phenoxy) is 1. The summed E-state index contributed by atoms with van der Waals surface area (Å²) in [6, 6.07) is 11.0. The third-order valence-electron chi connectivity index (χ3n) is 5.20. The van der Waals surface area contributed by atoms with E-state index in [-0.39, 0.29) is 30.5 Å². The summed E-state index contributed by atoms with van der Waals surface area (Å²) in [4.78, 5) is 31.0. The molecule has 3 rings (SSSR count). The second-order valence-electron chi connectivity index (χ2n) is 7.37. The normalized spacial score (nSPS) is 19.2. The number of aromatic nitrogens is 1. The predicted octanol–water partition coefficient (Wildman–Crippen LogP) is 3.81. The summed E-state index contributed by atoms with van der Waals surface area (Å²) in [7, 11) is 0. The Bertz CT molecular complexity index is 825. The topological polar surface area (TPSA) is 71.5 Å². The maximum Gasteiger partial charge on any atom is 0.260 e. The molecule has 2 aromatic rings. The molecule has 0 bridgehead atoms. The summed E-state index contributed by atoms with van der Waals surface area (Å²) >= 11 is 0. The summed E-state index contributed by atoms with van der Waals surface area (Å²) < 4.78 is 5.65. The molecule has 2 atom stereocenters. The Balaban J connectivity index is 1.56. The number of nitrogens with one attached hydrogen (secondary N) is 1. The van der Waals surface area contributed by atoms with E-state index in [4.69, 9.17) is 4.74 Å². The van der Waals surface area contributed by atoms with Gasteiger partial charge in [-0.25, -0.2) is 4.98 Å². The molecule has 2 heterocycles. The molecule has 0 radical (unpaired) electrons. The first-order valence-electron chi connectivity index (χ1n) is 9.72. The van der Waals surface area contributed by atoms with E-state index in [1.165, 1.54) is 0 Å². The third kappa shape index (κ3) is 4.68. The number of benzene rings is 1. The van der Waals surface area contributed by atoms with Gasteiger partial charge in [-0.1, -0.05) is 6.07 Å². The molecule has 1 saturated heterocycles. The van der Waals surface area contributed by atoms with Crippen molar-refractivity contribution in [3.63, 3.8) is 0 Å². The summed E-state index contributed by atoms with van der Waals surface area (Å²) in [5.41, 5.74) is 1.40. The second-order valence-corrected chi connectivity index (χ2v) is 7.37. The number of likely N-dealkylation sites (tertiary alicyclic amines) is 1. The number of carbonyl (C=O) groups is 2. The van der Waals surface area contributed by atoms with Gasteiger partial charge in [-0.3, -0.25) is 9.59 Å². The average Bonchev–Trinajstić information content (AvgIpc) is 2.68. The Hall–Kier alpha value is -2.89. The van der Waals surface area contributed by atoms with Crippen LogP contribution in [0.5, 0.6) is 5.75 Å². The van der Waals surface area contributed by atoms with Crippen LogP contribution in [0.2, 0.25) is 0 Å². The molecule has 148 valence electrons. The number of hydrogen-bond acceptors (Lipinski definition) is 4. The molecule has 28 heavy (non-hydrogen) atoms. The molecule has 1 aromatic carbocycles. The summed E-state index contributed by atoms with van der Waals surface area (Å²) in [6.07, 6.45) is 4.88. The smallest absolute Gasteiger partial charge is 0.260 e. The van der Waals surface area contributed by atoms with E-state index in [2.05, 4.69) is 24.1 Å². The predicted molar refractivity (Wildman–Crippen MR) is 108 cm³/mol. The van der Waals surface area contributed by atoms with E-state index in [0.29, 0.717) is 17.1 Å². The Morgan fingerprint density at radius 2 is 1.82 bits per heavy atom. The van der Waals surface area contributed by atoms with Crippen molar-refractivity contribution in [1.82, 2.24) is 9.88 Å². The third-order valence-corrected chi connectivity index (χ3v) is 5.20. The van der Waals surface area contributed by atoms with Gasteiger partial charge in [-0.2, -0.15) is 0 Å². The van der Waals surface area contributed by atoms with Crippen molar-refractivity contribution in [2.45, 2.75) is 52.1 Å². The zero-order chi connectivity index (χ0) is 20.1. The highest BCUT2D eigenvalue weighted by molar-refractivity contribution is 6.04. The zero-order valence-electron chi connectivity index (χ0n) is 16.6. The molecular formula is C22H27N3O3. The van der Waals surface area contributed by atoms with Crippen molar-refractivity contribution in [3.05, 3.63) is 53.7 Å². The number of pyridine rings is 1.